The molecule has 2 aromatic heterocycles. The molecule has 4 heterocycles. The van der Waals surface area contributed by atoms with Crippen LogP contribution in [0, 0.1) is 12.8 Å². The number of fused-ring (bicyclic) bond motifs is 2. The average Bonchev–Trinajstić information content (AvgIpc) is 3.22. The number of amides is 1. The molecule has 3 aliphatic rings. The number of carbonyl (C=O) groups excluding carboxylic acids is 1. The Morgan fingerprint density at radius 1 is 1.41 bits per heavy atom. The first kappa shape index (κ1) is 16.7. The quantitative estimate of drug-likeness (QED) is 0.893. The third-order valence-electron chi connectivity index (χ3n) is 5.93. The van der Waals surface area contributed by atoms with Gasteiger partial charge in [0.2, 0.25) is 11.9 Å². The molecule has 27 heavy (non-hydrogen) atoms. The first-order valence-corrected chi connectivity index (χ1v) is 9.65. The van der Waals surface area contributed by atoms with Crippen molar-refractivity contribution in [1.29, 1.82) is 0 Å². The van der Waals surface area contributed by atoms with E-state index in [1.807, 2.05) is 24.0 Å². The van der Waals surface area contributed by atoms with Gasteiger partial charge in [0.25, 0.3) is 0 Å². The van der Waals surface area contributed by atoms with E-state index in [-0.39, 0.29) is 11.3 Å². The highest BCUT2D eigenvalue weighted by Gasteiger charge is 2.48. The van der Waals surface area contributed by atoms with E-state index in [1.165, 1.54) is 0 Å². The second kappa shape index (κ2) is 6.34. The van der Waals surface area contributed by atoms with Crippen molar-refractivity contribution < 1.29 is 13.9 Å². The number of rotatable bonds is 4. The molecule has 1 saturated carbocycles. The lowest BCUT2D eigenvalue weighted by Gasteiger charge is -2.35. The van der Waals surface area contributed by atoms with Crippen molar-refractivity contribution >= 4 is 11.9 Å². The van der Waals surface area contributed by atoms with Gasteiger partial charge in [-0.15, -0.1) is 0 Å². The molecule has 0 bridgehead atoms. The van der Waals surface area contributed by atoms with Crippen LogP contribution in [-0.2, 0) is 28.1 Å². The van der Waals surface area contributed by atoms with Gasteiger partial charge in [-0.25, -0.2) is 9.97 Å². The molecule has 2 aromatic rings. The number of ether oxygens (including phenoxy) is 1. The van der Waals surface area contributed by atoms with Gasteiger partial charge in [0, 0.05) is 30.3 Å². The number of anilines is 1. The van der Waals surface area contributed by atoms with Crippen molar-refractivity contribution in [1.82, 2.24) is 14.9 Å². The van der Waals surface area contributed by atoms with Crippen LogP contribution in [0.25, 0.3) is 0 Å². The highest BCUT2D eigenvalue weighted by atomic mass is 16.5. The first-order chi connectivity index (χ1) is 13.1. The molecule has 2 aliphatic heterocycles. The highest BCUT2D eigenvalue weighted by molar-refractivity contribution is 5.81. The lowest BCUT2D eigenvalue weighted by Crippen LogP contribution is -2.42. The smallest absolute Gasteiger partial charge is 0.225 e. The fourth-order valence-electron chi connectivity index (χ4n) is 4.24. The molecule has 1 atom stereocenters. The summed E-state index contributed by atoms with van der Waals surface area (Å²) < 4.78 is 11.3. The molecule has 1 saturated heterocycles. The SMILES string of the molecule is Cc1nc(NCc2ccco2)nc2c1COCC21CCN(C(=O)C2CC2)C1. The number of aryl methyl sites for hydroxylation is 1. The van der Waals surface area contributed by atoms with E-state index in [0.717, 1.165) is 48.5 Å². The number of likely N-dealkylation sites (tertiary alicyclic amines) is 1. The molecule has 1 spiro atoms. The minimum atomic E-state index is -0.215. The van der Waals surface area contributed by atoms with Crippen LogP contribution >= 0.6 is 0 Å². The Hall–Kier alpha value is -2.41. The van der Waals surface area contributed by atoms with E-state index in [9.17, 15) is 4.79 Å². The minimum Gasteiger partial charge on any atom is -0.467 e. The van der Waals surface area contributed by atoms with Crippen LogP contribution in [0.4, 0.5) is 5.95 Å². The average molecular weight is 368 g/mol. The molecule has 0 aromatic carbocycles. The zero-order chi connectivity index (χ0) is 18.4. The first-order valence-electron chi connectivity index (χ1n) is 9.65. The van der Waals surface area contributed by atoms with Crippen LogP contribution in [-0.4, -0.2) is 40.5 Å². The van der Waals surface area contributed by atoms with Crippen molar-refractivity contribution in [3.63, 3.8) is 0 Å². The maximum Gasteiger partial charge on any atom is 0.225 e. The molecule has 1 unspecified atom stereocenters. The molecule has 0 radical (unpaired) electrons. The lowest BCUT2D eigenvalue weighted by atomic mass is 9.80. The fourth-order valence-corrected chi connectivity index (χ4v) is 4.24. The molecule has 7 heteroatoms. The Morgan fingerprint density at radius 3 is 3.07 bits per heavy atom. The van der Waals surface area contributed by atoms with E-state index in [2.05, 4.69) is 10.3 Å². The predicted molar refractivity (Wildman–Crippen MR) is 98.1 cm³/mol. The number of furan rings is 1. The van der Waals surface area contributed by atoms with Crippen molar-refractivity contribution in [2.75, 3.05) is 25.0 Å². The Balaban J connectivity index is 1.42. The molecule has 142 valence electrons. The Bertz CT molecular complexity index is 862. The predicted octanol–water partition coefficient (Wildman–Crippen LogP) is 2.40. The molecular weight excluding hydrogens is 344 g/mol. The number of hydrogen-bond acceptors (Lipinski definition) is 6. The van der Waals surface area contributed by atoms with Crippen molar-refractivity contribution in [2.45, 2.75) is 44.8 Å². The summed E-state index contributed by atoms with van der Waals surface area (Å²) in [5.41, 5.74) is 2.85. The van der Waals surface area contributed by atoms with Gasteiger partial charge < -0.3 is 19.4 Å². The van der Waals surface area contributed by atoms with Crippen LogP contribution in [0.2, 0.25) is 0 Å². The van der Waals surface area contributed by atoms with Gasteiger partial charge in [-0.05, 0) is 38.3 Å². The largest absolute Gasteiger partial charge is 0.467 e. The molecule has 1 aliphatic carbocycles. The Morgan fingerprint density at radius 2 is 2.30 bits per heavy atom. The fraction of sp³-hybridized carbons (Fsp3) is 0.550. The van der Waals surface area contributed by atoms with Crippen LogP contribution in [0.1, 0.15) is 42.0 Å². The zero-order valence-corrected chi connectivity index (χ0v) is 15.5. The van der Waals surface area contributed by atoms with E-state index >= 15 is 0 Å². The third-order valence-corrected chi connectivity index (χ3v) is 5.93. The second-order valence-electron chi connectivity index (χ2n) is 7.95. The topological polar surface area (TPSA) is 80.5 Å². The lowest BCUT2D eigenvalue weighted by molar-refractivity contribution is -0.131. The van der Waals surface area contributed by atoms with Gasteiger partial charge in [0.1, 0.15) is 5.76 Å². The van der Waals surface area contributed by atoms with Gasteiger partial charge in [0.05, 0.1) is 37.1 Å². The summed E-state index contributed by atoms with van der Waals surface area (Å²) in [7, 11) is 0. The Labute approximate surface area is 158 Å². The van der Waals surface area contributed by atoms with Gasteiger partial charge in [-0.3, -0.25) is 4.79 Å². The van der Waals surface area contributed by atoms with Gasteiger partial charge in [-0.2, -0.15) is 0 Å². The van der Waals surface area contributed by atoms with Crippen molar-refractivity contribution in [3.8, 4) is 0 Å². The number of hydrogen-bond donors (Lipinski definition) is 1. The van der Waals surface area contributed by atoms with E-state index in [0.29, 0.717) is 38.2 Å². The summed E-state index contributed by atoms with van der Waals surface area (Å²) in [6.07, 6.45) is 4.63. The van der Waals surface area contributed by atoms with Crippen LogP contribution in [0.15, 0.2) is 22.8 Å². The van der Waals surface area contributed by atoms with Crippen LogP contribution < -0.4 is 5.32 Å². The summed E-state index contributed by atoms with van der Waals surface area (Å²) in [4.78, 5) is 24.0. The molecule has 7 nitrogen and oxygen atoms in total. The number of nitrogens with one attached hydrogen (secondary N) is 1. The van der Waals surface area contributed by atoms with Crippen molar-refractivity contribution in [3.05, 3.63) is 41.1 Å². The van der Waals surface area contributed by atoms with Crippen LogP contribution in [0.3, 0.4) is 0 Å². The van der Waals surface area contributed by atoms with Gasteiger partial charge in [-0.1, -0.05) is 0 Å². The van der Waals surface area contributed by atoms with E-state index in [1.54, 1.807) is 6.26 Å². The normalized spacial score (nSPS) is 24.3. The molecule has 5 rings (SSSR count). The van der Waals surface area contributed by atoms with Gasteiger partial charge in [0.15, 0.2) is 0 Å². The van der Waals surface area contributed by atoms with Crippen molar-refractivity contribution in [2.24, 2.45) is 5.92 Å². The second-order valence-corrected chi connectivity index (χ2v) is 7.95. The van der Waals surface area contributed by atoms with E-state index < -0.39 is 0 Å². The monoisotopic (exact) mass is 368 g/mol. The molecular formula is C20H24N4O3. The summed E-state index contributed by atoms with van der Waals surface area (Å²) in [5.74, 6) is 2.01. The summed E-state index contributed by atoms with van der Waals surface area (Å²) in [6.45, 7) is 5.18. The highest BCUT2D eigenvalue weighted by Crippen LogP contribution is 2.42. The zero-order valence-electron chi connectivity index (χ0n) is 15.5. The molecule has 2 fully saturated rings. The van der Waals surface area contributed by atoms with E-state index in [4.69, 9.17) is 14.1 Å². The Kier molecular flexibility index (Phi) is 3.93. The number of nitrogens with zero attached hydrogens (tertiary/aromatic N) is 3. The maximum atomic E-state index is 12.5. The maximum absolute atomic E-state index is 12.5. The number of aromatic nitrogens is 2. The summed E-state index contributed by atoms with van der Waals surface area (Å²) >= 11 is 0. The third kappa shape index (κ3) is 3.00. The molecule has 1 N–H and O–H groups in total. The molecule has 1 amide bonds. The summed E-state index contributed by atoms with van der Waals surface area (Å²) in [5, 5.41) is 3.27. The minimum absolute atomic E-state index is 0.215. The number of carbonyl (C=O) groups is 1. The standard InChI is InChI=1S/C20H24N4O3/c1-13-16-10-26-12-20(6-7-24(11-20)18(25)14-4-5-14)17(16)23-19(22-13)21-9-15-3-2-8-27-15/h2-3,8,14H,4-7,9-12H2,1H3,(H,21,22,23). The van der Waals surface area contributed by atoms with Crippen LogP contribution in [0.5, 0.6) is 0 Å². The summed E-state index contributed by atoms with van der Waals surface area (Å²) in [6, 6.07) is 3.79. The van der Waals surface area contributed by atoms with Gasteiger partial charge >= 0.3 is 0 Å².